The van der Waals surface area contributed by atoms with Gasteiger partial charge in [-0.3, -0.25) is 9.59 Å². The van der Waals surface area contributed by atoms with Gasteiger partial charge >= 0.3 is 0 Å². The number of aliphatic hydroxyl groups excluding tert-OH is 1. The number of hydrogen-bond donors (Lipinski definition) is 1. The molecule has 0 heterocycles. The summed E-state index contributed by atoms with van der Waals surface area (Å²) >= 11 is 0. The third-order valence-electron chi connectivity index (χ3n) is 6.64. The SMILES string of the molecule is C=C(C)C1CC2(C)C(=CC1=O)CCC(OC(C)C(=O)/C=C/C=C/CC(C)O)C2C. The lowest BCUT2D eigenvalue weighted by Gasteiger charge is -2.50. The summed E-state index contributed by atoms with van der Waals surface area (Å²) in [6.45, 7) is 13.9. The van der Waals surface area contributed by atoms with Crippen LogP contribution in [0.4, 0.5) is 0 Å². The Labute approximate surface area is 175 Å². The third-order valence-corrected chi connectivity index (χ3v) is 6.64. The smallest absolute Gasteiger partial charge is 0.184 e. The molecule has 0 bridgehead atoms. The van der Waals surface area contributed by atoms with Crippen molar-refractivity contribution >= 4 is 11.6 Å². The standard InChI is InChI=1S/C25H36O4/c1-16(2)21-15-25(6)18(4)24(13-12-20(25)14-23(21)28)29-19(5)22(27)11-9-7-8-10-17(3)26/h7-9,11,14,17-19,21,24,26H,1,10,12-13,15H2,2-6H3/b8-7+,11-9+. The molecule has 0 radical (unpaired) electrons. The van der Waals surface area contributed by atoms with Crippen LogP contribution in [0.15, 0.2) is 48.1 Å². The largest absolute Gasteiger partial charge is 0.393 e. The second kappa shape index (κ2) is 9.82. The fourth-order valence-corrected chi connectivity index (χ4v) is 4.46. The van der Waals surface area contributed by atoms with Crippen LogP contribution < -0.4 is 0 Å². The summed E-state index contributed by atoms with van der Waals surface area (Å²) in [6, 6.07) is 0. The van der Waals surface area contributed by atoms with Crippen LogP contribution in [0, 0.1) is 17.3 Å². The van der Waals surface area contributed by atoms with Gasteiger partial charge in [0.2, 0.25) is 0 Å². The monoisotopic (exact) mass is 400 g/mol. The Hall–Kier alpha value is -1.78. The summed E-state index contributed by atoms with van der Waals surface area (Å²) in [5.74, 6) is 0.195. The van der Waals surface area contributed by atoms with Gasteiger partial charge in [-0.15, -0.1) is 0 Å². The number of fused-ring (bicyclic) bond motifs is 1. The van der Waals surface area contributed by atoms with Crippen LogP contribution in [-0.2, 0) is 14.3 Å². The average molecular weight is 401 g/mol. The van der Waals surface area contributed by atoms with E-state index in [1.807, 2.05) is 19.1 Å². The topological polar surface area (TPSA) is 63.6 Å². The molecule has 0 aromatic rings. The molecular formula is C25H36O4. The van der Waals surface area contributed by atoms with Crippen molar-refractivity contribution in [2.24, 2.45) is 17.3 Å². The summed E-state index contributed by atoms with van der Waals surface area (Å²) in [7, 11) is 0. The number of rotatable bonds is 8. The second-order valence-electron chi connectivity index (χ2n) is 9.01. The highest BCUT2D eigenvalue weighted by molar-refractivity contribution is 5.95. The summed E-state index contributed by atoms with van der Waals surface area (Å²) in [5, 5.41) is 9.23. The molecule has 2 aliphatic rings. The Kier molecular flexibility index (Phi) is 7.95. The van der Waals surface area contributed by atoms with E-state index in [0.29, 0.717) is 6.42 Å². The lowest BCUT2D eigenvalue weighted by atomic mass is 9.57. The highest BCUT2D eigenvalue weighted by Gasteiger charge is 2.48. The first kappa shape index (κ1) is 23.5. The van der Waals surface area contributed by atoms with Crippen molar-refractivity contribution in [3.8, 4) is 0 Å². The minimum atomic E-state index is -0.514. The van der Waals surface area contributed by atoms with Gasteiger partial charge in [0.05, 0.1) is 12.2 Å². The van der Waals surface area contributed by atoms with E-state index in [0.717, 1.165) is 24.8 Å². The molecule has 1 N–H and O–H groups in total. The normalized spacial score (nSPS) is 32.1. The number of carbonyl (C=O) groups is 2. The third kappa shape index (κ3) is 5.64. The summed E-state index contributed by atoms with van der Waals surface area (Å²) in [4.78, 5) is 24.8. The predicted molar refractivity (Wildman–Crippen MR) is 116 cm³/mol. The molecule has 0 aliphatic heterocycles. The van der Waals surface area contributed by atoms with Gasteiger partial charge in [-0.1, -0.05) is 49.8 Å². The number of carbonyl (C=O) groups excluding carboxylic acids is 2. The van der Waals surface area contributed by atoms with E-state index in [1.54, 1.807) is 26.0 Å². The van der Waals surface area contributed by atoms with Crippen LogP contribution in [0.2, 0.25) is 0 Å². The van der Waals surface area contributed by atoms with Gasteiger partial charge in [0.15, 0.2) is 11.6 Å². The van der Waals surface area contributed by atoms with Gasteiger partial charge in [0.1, 0.15) is 6.10 Å². The summed E-state index contributed by atoms with van der Waals surface area (Å²) < 4.78 is 6.20. The van der Waals surface area contributed by atoms with Crippen LogP contribution in [0.1, 0.15) is 60.3 Å². The molecule has 6 unspecified atom stereocenters. The van der Waals surface area contributed by atoms with Gasteiger partial charge in [-0.25, -0.2) is 0 Å². The Morgan fingerprint density at radius 3 is 2.72 bits per heavy atom. The highest BCUT2D eigenvalue weighted by Crippen LogP contribution is 2.53. The van der Waals surface area contributed by atoms with Crippen LogP contribution >= 0.6 is 0 Å². The molecule has 29 heavy (non-hydrogen) atoms. The molecular weight excluding hydrogens is 364 g/mol. The minimum absolute atomic E-state index is 0.0192. The minimum Gasteiger partial charge on any atom is -0.393 e. The van der Waals surface area contributed by atoms with E-state index in [2.05, 4.69) is 20.4 Å². The molecule has 4 nitrogen and oxygen atoms in total. The van der Waals surface area contributed by atoms with Gasteiger partial charge in [0, 0.05) is 5.92 Å². The van der Waals surface area contributed by atoms with E-state index >= 15 is 0 Å². The quantitative estimate of drug-likeness (QED) is 0.363. The molecule has 1 fully saturated rings. The number of hydrogen-bond acceptors (Lipinski definition) is 4. The van der Waals surface area contributed by atoms with Crippen molar-refractivity contribution in [1.82, 2.24) is 0 Å². The highest BCUT2D eigenvalue weighted by atomic mass is 16.5. The van der Waals surface area contributed by atoms with Gasteiger partial charge in [-0.2, -0.15) is 0 Å². The molecule has 160 valence electrons. The van der Waals surface area contributed by atoms with Crippen LogP contribution in [-0.4, -0.2) is 35.0 Å². The van der Waals surface area contributed by atoms with E-state index in [-0.39, 0.29) is 41.0 Å². The van der Waals surface area contributed by atoms with Crippen molar-refractivity contribution in [1.29, 1.82) is 0 Å². The van der Waals surface area contributed by atoms with Crippen molar-refractivity contribution in [3.63, 3.8) is 0 Å². The van der Waals surface area contributed by atoms with Crippen molar-refractivity contribution in [3.05, 3.63) is 48.1 Å². The first-order valence-electron chi connectivity index (χ1n) is 10.7. The van der Waals surface area contributed by atoms with Crippen molar-refractivity contribution in [2.45, 2.75) is 78.6 Å². The molecule has 2 rings (SSSR count). The summed E-state index contributed by atoms with van der Waals surface area (Å²) in [6.07, 6.45) is 10.7. The molecule has 0 spiro atoms. The van der Waals surface area contributed by atoms with Crippen molar-refractivity contribution in [2.75, 3.05) is 0 Å². The van der Waals surface area contributed by atoms with Gasteiger partial charge in [-0.05, 0) is 69.9 Å². The zero-order valence-electron chi connectivity index (χ0n) is 18.5. The predicted octanol–water partition coefficient (Wildman–Crippen LogP) is 4.74. The molecule has 0 aromatic carbocycles. The van der Waals surface area contributed by atoms with E-state index in [1.165, 1.54) is 11.6 Å². The molecule has 4 heteroatoms. The van der Waals surface area contributed by atoms with Crippen LogP contribution in [0.25, 0.3) is 0 Å². The van der Waals surface area contributed by atoms with Crippen LogP contribution in [0.5, 0.6) is 0 Å². The molecule has 0 amide bonds. The van der Waals surface area contributed by atoms with E-state index in [9.17, 15) is 14.7 Å². The van der Waals surface area contributed by atoms with E-state index in [4.69, 9.17) is 4.74 Å². The van der Waals surface area contributed by atoms with Crippen molar-refractivity contribution < 1.29 is 19.4 Å². The Balaban J connectivity index is 2.02. The van der Waals surface area contributed by atoms with Gasteiger partial charge in [0.25, 0.3) is 0 Å². The molecule has 2 aliphatic carbocycles. The molecule has 1 saturated carbocycles. The molecule has 0 aromatic heterocycles. The Morgan fingerprint density at radius 1 is 1.41 bits per heavy atom. The lowest BCUT2D eigenvalue weighted by molar-refractivity contribution is -0.135. The molecule has 6 atom stereocenters. The van der Waals surface area contributed by atoms with Gasteiger partial charge < -0.3 is 9.84 Å². The molecule has 0 saturated heterocycles. The number of ketones is 2. The summed E-state index contributed by atoms with van der Waals surface area (Å²) in [5.41, 5.74) is 2.02. The maximum atomic E-state index is 12.4. The second-order valence-corrected chi connectivity index (χ2v) is 9.01. The Morgan fingerprint density at radius 2 is 2.10 bits per heavy atom. The van der Waals surface area contributed by atoms with E-state index < -0.39 is 6.10 Å². The zero-order chi connectivity index (χ0) is 21.8. The number of ether oxygens (including phenoxy) is 1. The number of aliphatic hydroxyl groups is 1. The number of allylic oxidation sites excluding steroid dienone is 5. The lowest BCUT2D eigenvalue weighted by Crippen LogP contribution is -2.47. The first-order chi connectivity index (χ1) is 13.6. The maximum absolute atomic E-state index is 12.4. The zero-order valence-corrected chi connectivity index (χ0v) is 18.5. The first-order valence-corrected chi connectivity index (χ1v) is 10.7. The fraction of sp³-hybridized carbons (Fsp3) is 0.600. The Bertz CT molecular complexity index is 727. The van der Waals surface area contributed by atoms with Crippen LogP contribution in [0.3, 0.4) is 0 Å². The average Bonchev–Trinajstić information content (AvgIpc) is 2.64. The fourth-order valence-electron chi connectivity index (χ4n) is 4.46. The maximum Gasteiger partial charge on any atom is 0.184 e.